The fraction of sp³-hybridized carbons (Fsp3) is 0.750. The Kier molecular flexibility index (Phi) is 1.99. The van der Waals surface area contributed by atoms with Crippen LogP contribution in [0.2, 0.25) is 0 Å². The first kappa shape index (κ1) is 7.99. The molecule has 0 saturated heterocycles. The molecule has 10 heavy (non-hydrogen) atoms. The van der Waals surface area contributed by atoms with Gasteiger partial charge in [0.05, 0.1) is 0 Å². The van der Waals surface area contributed by atoms with Crippen molar-refractivity contribution in [3.8, 4) is 0 Å². The maximum Gasteiger partial charge on any atom is 0.0411 e. The minimum atomic E-state index is 0.201. The van der Waals surface area contributed by atoms with Crippen molar-refractivity contribution >= 4 is 12.6 Å². The highest BCUT2D eigenvalue weighted by Crippen LogP contribution is 2.49. The largest absolute Gasteiger partial charge is 0.402 e. The topological polar surface area (TPSA) is 26.0 Å². The molecule has 1 fully saturated rings. The van der Waals surface area contributed by atoms with Crippen molar-refractivity contribution in [3.05, 3.63) is 12.3 Å². The van der Waals surface area contributed by atoms with Crippen LogP contribution in [0.3, 0.4) is 0 Å². The quantitative estimate of drug-likeness (QED) is 0.602. The number of hydrogen-bond acceptors (Lipinski definition) is 2. The van der Waals surface area contributed by atoms with Gasteiger partial charge < -0.3 is 5.73 Å². The monoisotopic (exact) mass is 157 g/mol. The van der Waals surface area contributed by atoms with E-state index in [4.69, 9.17) is 5.73 Å². The van der Waals surface area contributed by atoms with Crippen LogP contribution < -0.4 is 5.73 Å². The van der Waals surface area contributed by atoms with E-state index in [1.54, 1.807) is 0 Å². The van der Waals surface area contributed by atoms with E-state index in [1.807, 2.05) is 0 Å². The Morgan fingerprint density at radius 2 is 2.30 bits per heavy atom. The Morgan fingerprint density at radius 1 is 1.80 bits per heavy atom. The van der Waals surface area contributed by atoms with Gasteiger partial charge in [0.15, 0.2) is 0 Å². The highest BCUT2D eigenvalue weighted by molar-refractivity contribution is 7.81. The van der Waals surface area contributed by atoms with Gasteiger partial charge in [-0.05, 0) is 24.7 Å². The van der Waals surface area contributed by atoms with Crippen molar-refractivity contribution in [2.45, 2.75) is 31.4 Å². The Labute approximate surface area is 68.1 Å². The summed E-state index contributed by atoms with van der Waals surface area (Å²) in [6.45, 7) is 5.95. The minimum absolute atomic E-state index is 0.201. The van der Waals surface area contributed by atoms with Gasteiger partial charge in [-0.25, -0.2) is 0 Å². The van der Waals surface area contributed by atoms with E-state index in [1.165, 1.54) is 12.8 Å². The fourth-order valence-electron chi connectivity index (χ4n) is 1.02. The first-order valence-corrected chi connectivity index (χ1v) is 4.17. The molecule has 1 saturated carbocycles. The Morgan fingerprint density at radius 3 is 2.60 bits per heavy atom. The van der Waals surface area contributed by atoms with Gasteiger partial charge in [-0.1, -0.05) is 13.5 Å². The molecular weight excluding hydrogens is 142 g/mol. The first-order chi connectivity index (χ1) is 4.53. The molecular formula is C8H15NS. The standard InChI is InChI=1S/C8H15NS/c1-6(9)7(10)5-8(2)3-4-8/h7,10H,1,3-5,9H2,2H3. The predicted octanol–water partition coefficient (Wildman–Crippen LogP) is 1.95. The molecule has 2 heteroatoms. The van der Waals surface area contributed by atoms with Gasteiger partial charge in [0.2, 0.25) is 0 Å². The average molecular weight is 157 g/mol. The number of rotatable bonds is 3. The maximum absolute atomic E-state index is 5.50. The van der Waals surface area contributed by atoms with Crippen molar-refractivity contribution in [1.82, 2.24) is 0 Å². The van der Waals surface area contributed by atoms with Crippen LogP contribution in [0.4, 0.5) is 0 Å². The summed E-state index contributed by atoms with van der Waals surface area (Å²) in [5.74, 6) is 0. The van der Waals surface area contributed by atoms with Gasteiger partial charge in [0.1, 0.15) is 0 Å². The lowest BCUT2D eigenvalue weighted by Crippen LogP contribution is -2.14. The molecule has 1 rings (SSSR count). The molecule has 0 aromatic rings. The molecule has 1 unspecified atom stereocenters. The van der Waals surface area contributed by atoms with E-state index in [0.717, 1.165) is 6.42 Å². The number of thiol groups is 1. The smallest absolute Gasteiger partial charge is 0.0411 e. The molecule has 0 aromatic heterocycles. The molecule has 0 amide bonds. The van der Waals surface area contributed by atoms with E-state index in [-0.39, 0.29) is 5.25 Å². The van der Waals surface area contributed by atoms with Gasteiger partial charge in [-0.2, -0.15) is 12.6 Å². The second-order valence-electron chi connectivity index (χ2n) is 3.61. The number of hydrogen-bond donors (Lipinski definition) is 2. The summed E-state index contributed by atoms with van der Waals surface area (Å²) in [7, 11) is 0. The fourth-order valence-corrected chi connectivity index (χ4v) is 1.46. The van der Waals surface area contributed by atoms with E-state index < -0.39 is 0 Å². The van der Waals surface area contributed by atoms with Crippen molar-refractivity contribution in [1.29, 1.82) is 0 Å². The summed E-state index contributed by atoms with van der Waals surface area (Å²) in [6.07, 6.45) is 3.75. The number of nitrogens with two attached hydrogens (primary N) is 1. The summed E-state index contributed by atoms with van der Waals surface area (Å²) in [5, 5.41) is 0.201. The van der Waals surface area contributed by atoms with E-state index in [9.17, 15) is 0 Å². The van der Waals surface area contributed by atoms with Crippen molar-refractivity contribution in [3.63, 3.8) is 0 Å². The van der Waals surface area contributed by atoms with Crippen LogP contribution in [-0.4, -0.2) is 5.25 Å². The normalized spacial score (nSPS) is 23.8. The minimum Gasteiger partial charge on any atom is -0.402 e. The second kappa shape index (κ2) is 2.50. The van der Waals surface area contributed by atoms with Gasteiger partial charge in [-0.15, -0.1) is 0 Å². The molecule has 1 aliphatic rings. The highest BCUT2D eigenvalue weighted by atomic mass is 32.1. The van der Waals surface area contributed by atoms with Gasteiger partial charge >= 0.3 is 0 Å². The average Bonchev–Trinajstić information content (AvgIpc) is 2.47. The molecule has 0 bridgehead atoms. The molecule has 1 atom stereocenters. The molecule has 0 radical (unpaired) electrons. The summed E-state index contributed by atoms with van der Waals surface area (Å²) in [5.41, 5.74) is 6.74. The lowest BCUT2D eigenvalue weighted by Gasteiger charge is -2.14. The third kappa shape index (κ3) is 1.94. The molecule has 2 N–H and O–H groups in total. The van der Waals surface area contributed by atoms with Crippen LogP contribution in [0.5, 0.6) is 0 Å². The molecule has 0 spiro atoms. The lowest BCUT2D eigenvalue weighted by molar-refractivity contribution is 0.524. The molecule has 1 nitrogen and oxygen atoms in total. The maximum atomic E-state index is 5.50. The zero-order valence-electron chi connectivity index (χ0n) is 6.43. The Balaban J connectivity index is 2.31. The Bertz CT molecular complexity index is 149. The summed E-state index contributed by atoms with van der Waals surface area (Å²) in [6, 6.07) is 0. The molecule has 0 aliphatic heterocycles. The molecule has 0 aromatic carbocycles. The highest BCUT2D eigenvalue weighted by Gasteiger charge is 2.38. The third-order valence-corrected chi connectivity index (χ3v) is 2.73. The zero-order chi connectivity index (χ0) is 7.78. The predicted molar refractivity (Wildman–Crippen MR) is 48.1 cm³/mol. The summed E-state index contributed by atoms with van der Waals surface area (Å²) in [4.78, 5) is 0. The second-order valence-corrected chi connectivity index (χ2v) is 4.23. The summed E-state index contributed by atoms with van der Waals surface area (Å²) >= 11 is 4.33. The van der Waals surface area contributed by atoms with Crippen LogP contribution in [0.25, 0.3) is 0 Å². The van der Waals surface area contributed by atoms with Crippen LogP contribution in [0.15, 0.2) is 12.3 Å². The SMILES string of the molecule is C=C(N)C(S)CC1(C)CC1. The van der Waals surface area contributed by atoms with Gasteiger partial charge in [-0.3, -0.25) is 0 Å². The van der Waals surface area contributed by atoms with Crippen LogP contribution in [0, 0.1) is 5.41 Å². The first-order valence-electron chi connectivity index (χ1n) is 3.66. The zero-order valence-corrected chi connectivity index (χ0v) is 7.32. The van der Waals surface area contributed by atoms with Gasteiger partial charge in [0, 0.05) is 10.9 Å². The van der Waals surface area contributed by atoms with Crippen molar-refractivity contribution < 1.29 is 0 Å². The van der Waals surface area contributed by atoms with Crippen molar-refractivity contribution in [2.24, 2.45) is 11.1 Å². The van der Waals surface area contributed by atoms with Crippen LogP contribution >= 0.6 is 12.6 Å². The van der Waals surface area contributed by atoms with E-state index in [0.29, 0.717) is 11.1 Å². The van der Waals surface area contributed by atoms with Gasteiger partial charge in [0.25, 0.3) is 0 Å². The lowest BCUT2D eigenvalue weighted by atomic mass is 10.0. The summed E-state index contributed by atoms with van der Waals surface area (Å²) < 4.78 is 0. The van der Waals surface area contributed by atoms with Crippen LogP contribution in [0.1, 0.15) is 26.2 Å². The molecule has 0 heterocycles. The van der Waals surface area contributed by atoms with E-state index >= 15 is 0 Å². The molecule has 1 aliphatic carbocycles. The van der Waals surface area contributed by atoms with E-state index in [2.05, 4.69) is 26.1 Å². The van der Waals surface area contributed by atoms with Crippen molar-refractivity contribution in [2.75, 3.05) is 0 Å². The third-order valence-electron chi connectivity index (χ3n) is 2.22. The van der Waals surface area contributed by atoms with Crippen LogP contribution in [-0.2, 0) is 0 Å². The Hall–Kier alpha value is -0.110. The molecule has 58 valence electrons.